The molecule has 0 bridgehead atoms. The smallest absolute Gasteiger partial charge is 0.325 e. The number of carbonyl (C=O) groups is 1. The minimum atomic E-state index is -0.756. The van der Waals surface area contributed by atoms with Gasteiger partial charge in [0.1, 0.15) is 6.04 Å². The molecule has 0 saturated carbocycles. The molecular weight excluding hydrogens is 202 g/mol. The Morgan fingerprint density at radius 2 is 1.81 bits per heavy atom. The van der Waals surface area contributed by atoms with Crippen LogP contribution in [0.2, 0.25) is 0 Å². The van der Waals surface area contributed by atoms with Crippen molar-refractivity contribution in [3.8, 4) is 0 Å². The molecule has 0 amide bonds. The maximum atomic E-state index is 11.3. The summed E-state index contributed by atoms with van der Waals surface area (Å²) in [5.74, 6) is -0.756. The molecule has 0 spiro atoms. The van der Waals surface area contributed by atoms with Gasteiger partial charge in [-0.3, -0.25) is 9.69 Å². The Morgan fingerprint density at radius 1 is 1.19 bits per heavy atom. The Bertz CT molecular complexity index is 344. The third-order valence-electron chi connectivity index (χ3n) is 2.96. The number of piperidine rings is 1. The molecule has 1 unspecified atom stereocenters. The number of hydrogen-bond donors (Lipinski definition) is 1. The average Bonchev–Trinajstić information content (AvgIpc) is 2.31. The van der Waals surface area contributed by atoms with Gasteiger partial charge in [-0.2, -0.15) is 0 Å². The van der Waals surface area contributed by atoms with Crippen LogP contribution >= 0.6 is 0 Å². The Morgan fingerprint density at radius 3 is 2.38 bits per heavy atom. The van der Waals surface area contributed by atoms with Crippen molar-refractivity contribution in [1.82, 2.24) is 4.90 Å². The van der Waals surface area contributed by atoms with E-state index in [1.54, 1.807) is 0 Å². The average molecular weight is 218 g/mol. The first-order valence-corrected chi connectivity index (χ1v) is 5.62. The van der Waals surface area contributed by atoms with E-state index in [1.807, 2.05) is 35.2 Å². The van der Waals surface area contributed by atoms with E-state index in [0.29, 0.717) is 0 Å². The summed E-state index contributed by atoms with van der Waals surface area (Å²) in [5.41, 5.74) is 0.872. The highest BCUT2D eigenvalue weighted by molar-refractivity contribution is 5.75. The number of carboxylic acids is 1. The fourth-order valence-corrected chi connectivity index (χ4v) is 2.17. The van der Waals surface area contributed by atoms with Gasteiger partial charge in [0, 0.05) is 0 Å². The van der Waals surface area contributed by atoms with Crippen molar-refractivity contribution in [3.63, 3.8) is 0 Å². The highest BCUT2D eigenvalue weighted by Crippen LogP contribution is 2.24. The Hall–Kier alpha value is -1.35. The lowest BCUT2D eigenvalue weighted by molar-refractivity contribution is -0.143. The monoisotopic (exact) mass is 218 g/mol. The van der Waals surface area contributed by atoms with Crippen LogP contribution in [0.15, 0.2) is 30.3 Å². The Labute approximate surface area is 95.7 Å². The summed E-state index contributed by atoms with van der Waals surface area (Å²) in [6, 6.07) is 8.97. The summed E-state index contributed by atoms with van der Waals surface area (Å²) in [5, 5.41) is 9.33. The number of rotatable bonds is 3. The summed E-state index contributed by atoms with van der Waals surface area (Å²) in [7, 11) is 0. The molecule has 1 saturated heterocycles. The highest BCUT2D eigenvalue weighted by atomic mass is 16.4. The maximum absolute atomic E-state index is 11.3. The van der Waals surface area contributed by atoms with Gasteiger partial charge in [-0.15, -0.1) is 0 Å². The van der Waals surface area contributed by atoms with E-state index in [0.717, 1.165) is 31.5 Å². The normalized spacial score (nSPS) is 19.2. The standard InChI is InChI=1S/C13H16NO2/c15-13(16)12(11-7-3-1-4-8-11)14-9-5-2-6-10-14/h1-4,7-8,12H,5-6,9-10H2,(H,15,16). The molecule has 1 radical (unpaired) electrons. The van der Waals surface area contributed by atoms with Gasteiger partial charge in [-0.25, -0.2) is 0 Å². The fourth-order valence-electron chi connectivity index (χ4n) is 2.17. The van der Waals surface area contributed by atoms with Crippen LogP contribution in [-0.4, -0.2) is 29.1 Å². The van der Waals surface area contributed by atoms with Crippen molar-refractivity contribution < 1.29 is 9.90 Å². The third-order valence-corrected chi connectivity index (χ3v) is 2.96. The predicted octanol–water partition coefficient (Wildman–Crippen LogP) is 2.11. The number of nitrogens with zero attached hydrogens (tertiary/aromatic N) is 1. The lowest BCUT2D eigenvalue weighted by Gasteiger charge is -2.32. The summed E-state index contributed by atoms with van der Waals surface area (Å²) < 4.78 is 0. The number of benzene rings is 1. The summed E-state index contributed by atoms with van der Waals surface area (Å²) in [6.07, 6.45) is 4.19. The van der Waals surface area contributed by atoms with Crippen molar-refractivity contribution in [3.05, 3.63) is 42.3 Å². The van der Waals surface area contributed by atoms with Gasteiger partial charge in [0.15, 0.2) is 0 Å². The van der Waals surface area contributed by atoms with Crippen molar-refractivity contribution in [1.29, 1.82) is 0 Å². The van der Waals surface area contributed by atoms with E-state index in [-0.39, 0.29) is 0 Å². The van der Waals surface area contributed by atoms with Crippen LogP contribution in [0.25, 0.3) is 0 Å². The van der Waals surface area contributed by atoms with E-state index in [9.17, 15) is 9.90 Å². The van der Waals surface area contributed by atoms with Crippen LogP contribution in [0, 0.1) is 6.42 Å². The molecule has 1 aliphatic heterocycles. The van der Waals surface area contributed by atoms with E-state index in [1.165, 1.54) is 0 Å². The first kappa shape index (κ1) is 11.1. The molecule has 1 atom stereocenters. The van der Waals surface area contributed by atoms with E-state index < -0.39 is 12.0 Å². The quantitative estimate of drug-likeness (QED) is 0.844. The highest BCUT2D eigenvalue weighted by Gasteiger charge is 2.27. The van der Waals surface area contributed by atoms with E-state index >= 15 is 0 Å². The van der Waals surface area contributed by atoms with E-state index in [4.69, 9.17) is 0 Å². The zero-order valence-corrected chi connectivity index (χ0v) is 9.17. The van der Waals surface area contributed by atoms with Crippen LogP contribution in [0.3, 0.4) is 0 Å². The second-order valence-electron chi connectivity index (χ2n) is 4.05. The molecule has 0 aliphatic carbocycles. The van der Waals surface area contributed by atoms with Crippen LogP contribution in [0.4, 0.5) is 0 Å². The first-order chi connectivity index (χ1) is 7.79. The fraction of sp³-hybridized carbons (Fsp3) is 0.385. The molecule has 1 heterocycles. The molecule has 2 rings (SSSR count). The second-order valence-corrected chi connectivity index (χ2v) is 4.05. The number of carboxylic acid groups (broad SMARTS) is 1. The van der Waals surface area contributed by atoms with E-state index in [2.05, 4.69) is 6.42 Å². The van der Waals surface area contributed by atoms with Crippen LogP contribution < -0.4 is 0 Å². The van der Waals surface area contributed by atoms with Gasteiger partial charge in [-0.1, -0.05) is 30.3 Å². The maximum Gasteiger partial charge on any atom is 0.325 e. The largest absolute Gasteiger partial charge is 0.480 e. The Kier molecular flexibility index (Phi) is 3.57. The SMILES string of the molecule is O=C(O)C(c1ccccc1)N1CC[CH]CC1. The zero-order chi connectivity index (χ0) is 11.4. The molecule has 3 heteroatoms. The second kappa shape index (κ2) is 5.12. The molecule has 1 N–H and O–H groups in total. The van der Waals surface area contributed by atoms with Crippen LogP contribution in [0.5, 0.6) is 0 Å². The lowest BCUT2D eigenvalue weighted by Crippen LogP contribution is -2.38. The number of likely N-dealkylation sites (tertiary alicyclic amines) is 1. The van der Waals surface area contributed by atoms with Gasteiger partial charge >= 0.3 is 5.97 Å². The molecule has 1 aromatic carbocycles. The number of hydrogen-bond acceptors (Lipinski definition) is 2. The summed E-state index contributed by atoms with van der Waals surface area (Å²) >= 11 is 0. The van der Waals surface area contributed by atoms with Crippen molar-refractivity contribution >= 4 is 5.97 Å². The van der Waals surface area contributed by atoms with Gasteiger partial charge < -0.3 is 5.11 Å². The molecule has 85 valence electrons. The Balaban J connectivity index is 2.20. The molecule has 1 fully saturated rings. The number of aliphatic carboxylic acids is 1. The summed E-state index contributed by atoms with van der Waals surface area (Å²) in [4.78, 5) is 13.4. The van der Waals surface area contributed by atoms with Gasteiger partial charge in [-0.05, 0) is 37.9 Å². The van der Waals surface area contributed by atoms with Crippen molar-refractivity contribution in [2.24, 2.45) is 0 Å². The zero-order valence-electron chi connectivity index (χ0n) is 9.17. The van der Waals surface area contributed by atoms with Crippen molar-refractivity contribution in [2.75, 3.05) is 13.1 Å². The van der Waals surface area contributed by atoms with Crippen LogP contribution in [0.1, 0.15) is 24.4 Å². The molecule has 1 aromatic rings. The molecule has 0 aromatic heterocycles. The van der Waals surface area contributed by atoms with Gasteiger partial charge in [0.25, 0.3) is 0 Å². The first-order valence-electron chi connectivity index (χ1n) is 5.62. The minimum absolute atomic E-state index is 0.491. The van der Waals surface area contributed by atoms with Crippen molar-refractivity contribution in [2.45, 2.75) is 18.9 Å². The van der Waals surface area contributed by atoms with Crippen LogP contribution in [-0.2, 0) is 4.79 Å². The van der Waals surface area contributed by atoms with Gasteiger partial charge in [0.2, 0.25) is 0 Å². The molecule has 1 aliphatic rings. The topological polar surface area (TPSA) is 40.5 Å². The van der Waals surface area contributed by atoms with Gasteiger partial charge in [0.05, 0.1) is 0 Å². The molecule has 3 nitrogen and oxygen atoms in total. The molecular formula is C13H16NO2. The third kappa shape index (κ3) is 2.42. The predicted molar refractivity (Wildman–Crippen MR) is 61.9 cm³/mol. The molecule has 16 heavy (non-hydrogen) atoms. The summed E-state index contributed by atoms with van der Waals surface area (Å²) in [6.45, 7) is 1.68. The minimum Gasteiger partial charge on any atom is -0.480 e. The lowest BCUT2D eigenvalue weighted by atomic mass is 10.0.